The average Bonchev–Trinajstić information content (AvgIpc) is 3.49. The molecule has 13 heteroatoms. The molecule has 2 aliphatic heterocycles. The minimum atomic E-state index is -4.77. The highest BCUT2D eigenvalue weighted by Crippen LogP contribution is 2.42. The van der Waals surface area contributed by atoms with Gasteiger partial charge in [0.05, 0.1) is 11.4 Å². The molecule has 2 aromatic heterocycles. The topological polar surface area (TPSA) is 105 Å². The lowest BCUT2D eigenvalue weighted by molar-refractivity contribution is -0.198. The molecule has 9 nitrogen and oxygen atoms in total. The standard InChI is InChI=1S/C26H28ClF3N6O3/c1-15-5-8-36(34-15)20-11-17(27)3-4-18(20)23(26(28,29)30)39-22-12-21(32-16(2)33-22)35-9-6-25(7-10-35)13-19(24(37)38)31-14-25/h3-5,8,11-12,19,23,31H,6-7,9-10,13-14H2,1-2H3,(H,37,38)/t19?,23-/m1/s1. The molecule has 1 unspecified atom stereocenters. The predicted octanol–water partition coefficient (Wildman–Crippen LogP) is 4.65. The summed E-state index contributed by atoms with van der Waals surface area (Å²) in [5.41, 5.74) is 0.513. The summed E-state index contributed by atoms with van der Waals surface area (Å²) in [6.45, 7) is 5.14. The average molecular weight is 565 g/mol. The maximum atomic E-state index is 14.4. The summed E-state index contributed by atoms with van der Waals surface area (Å²) in [6, 6.07) is 6.63. The molecule has 0 amide bonds. The number of anilines is 1. The number of nitrogens with one attached hydrogen (secondary N) is 1. The molecule has 0 radical (unpaired) electrons. The van der Waals surface area contributed by atoms with Crippen LogP contribution in [0.3, 0.4) is 0 Å². The molecule has 2 N–H and O–H groups in total. The third kappa shape index (κ3) is 5.81. The molecule has 2 saturated heterocycles. The number of hydrogen-bond donors (Lipinski definition) is 2. The highest BCUT2D eigenvalue weighted by molar-refractivity contribution is 6.30. The molecule has 5 rings (SSSR count). The van der Waals surface area contributed by atoms with Gasteiger partial charge in [-0.05, 0) is 56.7 Å². The fourth-order valence-corrected chi connectivity index (χ4v) is 5.51. The molecule has 1 spiro atoms. The van der Waals surface area contributed by atoms with Gasteiger partial charge in [0.15, 0.2) is 0 Å². The van der Waals surface area contributed by atoms with E-state index in [1.165, 1.54) is 28.9 Å². The van der Waals surface area contributed by atoms with Crippen molar-refractivity contribution >= 4 is 23.4 Å². The number of carboxylic acids is 1. The van der Waals surface area contributed by atoms with Gasteiger partial charge in [-0.1, -0.05) is 17.7 Å². The van der Waals surface area contributed by atoms with Gasteiger partial charge in [-0.25, -0.2) is 9.67 Å². The Bertz CT molecular complexity index is 1370. The van der Waals surface area contributed by atoms with Crippen LogP contribution in [0.15, 0.2) is 36.5 Å². The predicted molar refractivity (Wildman–Crippen MR) is 137 cm³/mol. The van der Waals surface area contributed by atoms with Crippen molar-refractivity contribution in [2.45, 2.75) is 51.4 Å². The minimum absolute atomic E-state index is 0.113. The molecule has 2 aliphatic rings. The number of aliphatic carboxylic acids is 1. The Morgan fingerprint density at radius 2 is 1.95 bits per heavy atom. The van der Waals surface area contributed by atoms with Crippen molar-refractivity contribution in [2.75, 3.05) is 24.5 Å². The molecule has 4 heterocycles. The molecule has 0 bridgehead atoms. The van der Waals surface area contributed by atoms with Gasteiger partial charge in [0, 0.05) is 42.5 Å². The van der Waals surface area contributed by atoms with Crippen molar-refractivity contribution in [3.63, 3.8) is 0 Å². The lowest BCUT2D eigenvalue weighted by Crippen LogP contribution is -2.41. The van der Waals surface area contributed by atoms with Crippen LogP contribution in [0.5, 0.6) is 5.88 Å². The zero-order valence-electron chi connectivity index (χ0n) is 21.4. The van der Waals surface area contributed by atoms with E-state index < -0.39 is 24.3 Å². The third-order valence-electron chi connectivity index (χ3n) is 7.39. The van der Waals surface area contributed by atoms with Gasteiger partial charge < -0.3 is 20.1 Å². The van der Waals surface area contributed by atoms with E-state index in [-0.39, 0.29) is 33.4 Å². The van der Waals surface area contributed by atoms with E-state index in [0.717, 1.165) is 12.8 Å². The van der Waals surface area contributed by atoms with E-state index in [4.69, 9.17) is 16.3 Å². The number of carboxylic acid groups (broad SMARTS) is 1. The first kappa shape index (κ1) is 27.2. The molecular formula is C26H28ClF3N6O3. The van der Waals surface area contributed by atoms with Gasteiger partial charge in [-0.2, -0.15) is 23.3 Å². The van der Waals surface area contributed by atoms with E-state index in [2.05, 4.69) is 20.4 Å². The molecule has 0 aliphatic carbocycles. The van der Waals surface area contributed by atoms with Crippen LogP contribution in [-0.4, -0.2) is 62.7 Å². The molecule has 2 fully saturated rings. The second-order valence-corrected chi connectivity index (χ2v) is 10.7. The summed E-state index contributed by atoms with van der Waals surface area (Å²) < 4.78 is 50.1. The molecule has 39 heavy (non-hydrogen) atoms. The van der Waals surface area contributed by atoms with Crippen LogP contribution in [0.2, 0.25) is 5.02 Å². The highest BCUT2D eigenvalue weighted by atomic mass is 35.5. The van der Waals surface area contributed by atoms with Crippen molar-refractivity contribution in [2.24, 2.45) is 5.41 Å². The molecule has 208 valence electrons. The first-order valence-electron chi connectivity index (χ1n) is 12.5. The molecular weight excluding hydrogens is 537 g/mol. The fraction of sp³-hybridized carbons (Fsp3) is 0.462. The van der Waals surface area contributed by atoms with E-state index in [1.54, 1.807) is 26.1 Å². The Hall–Kier alpha value is -3.38. The number of carbonyl (C=O) groups is 1. The number of nitrogens with zero attached hydrogens (tertiary/aromatic N) is 5. The zero-order valence-corrected chi connectivity index (χ0v) is 22.1. The van der Waals surface area contributed by atoms with Crippen molar-refractivity contribution < 1.29 is 27.8 Å². The van der Waals surface area contributed by atoms with Crippen LogP contribution >= 0.6 is 11.6 Å². The van der Waals surface area contributed by atoms with Crippen LogP contribution in [0, 0.1) is 19.3 Å². The Kier molecular flexibility index (Phi) is 7.19. The third-order valence-corrected chi connectivity index (χ3v) is 7.62. The first-order chi connectivity index (χ1) is 18.4. The summed E-state index contributed by atoms with van der Waals surface area (Å²) in [6.07, 6.45) is -3.50. The number of hydrogen-bond acceptors (Lipinski definition) is 7. The van der Waals surface area contributed by atoms with Crippen LogP contribution in [0.4, 0.5) is 19.0 Å². The van der Waals surface area contributed by atoms with Gasteiger partial charge in [0.1, 0.15) is 17.7 Å². The zero-order chi connectivity index (χ0) is 27.9. The van der Waals surface area contributed by atoms with Gasteiger partial charge in [-0.15, -0.1) is 0 Å². The Morgan fingerprint density at radius 1 is 1.21 bits per heavy atom. The van der Waals surface area contributed by atoms with Crippen molar-refractivity contribution in [3.05, 3.63) is 58.6 Å². The number of rotatable bonds is 6. The van der Waals surface area contributed by atoms with Crippen LogP contribution in [-0.2, 0) is 4.79 Å². The van der Waals surface area contributed by atoms with Gasteiger partial charge in [0.25, 0.3) is 0 Å². The number of piperidine rings is 1. The molecule has 1 aromatic carbocycles. The number of alkyl halides is 3. The fourth-order valence-electron chi connectivity index (χ4n) is 5.34. The summed E-state index contributed by atoms with van der Waals surface area (Å²) in [7, 11) is 0. The smallest absolute Gasteiger partial charge is 0.429 e. The molecule has 0 saturated carbocycles. The maximum Gasteiger partial charge on any atom is 0.429 e. The number of benzene rings is 1. The van der Waals surface area contributed by atoms with E-state index in [9.17, 15) is 23.1 Å². The number of halogens is 4. The van der Waals surface area contributed by atoms with E-state index >= 15 is 0 Å². The van der Waals surface area contributed by atoms with Crippen LogP contribution in [0.1, 0.15) is 42.4 Å². The Labute approximate surface area is 228 Å². The summed E-state index contributed by atoms with van der Waals surface area (Å²) in [5, 5.41) is 16.9. The normalized spacial score (nSPS) is 19.8. The largest absolute Gasteiger partial charge is 0.480 e. The summed E-state index contributed by atoms with van der Waals surface area (Å²) >= 11 is 6.13. The van der Waals surface area contributed by atoms with Crippen molar-refractivity contribution in [3.8, 4) is 11.6 Å². The summed E-state index contributed by atoms with van der Waals surface area (Å²) in [5.74, 6) is -0.316. The lowest BCUT2D eigenvalue weighted by Gasteiger charge is -2.39. The monoisotopic (exact) mass is 564 g/mol. The highest BCUT2D eigenvalue weighted by Gasteiger charge is 2.46. The number of aryl methyl sites for hydroxylation is 2. The SMILES string of the molecule is Cc1ccn(-c2cc(Cl)ccc2[C@@H](Oc2cc(N3CCC4(CC3)CNC(C(=O)O)C4)nc(C)n2)C(F)(F)F)n1. The van der Waals surface area contributed by atoms with Gasteiger partial charge in [0.2, 0.25) is 12.0 Å². The van der Waals surface area contributed by atoms with Crippen molar-refractivity contribution in [1.29, 1.82) is 0 Å². The molecule has 3 aromatic rings. The van der Waals surface area contributed by atoms with Crippen LogP contribution in [0.25, 0.3) is 5.69 Å². The second kappa shape index (κ2) is 10.3. The Morgan fingerprint density at radius 3 is 2.56 bits per heavy atom. The quantitative estimate of drug-likeness (QED) is 0.446. The lowest BCUT2D eigenvalue weighted by atomic mass is 9.76. The minimum Gasteiger partial charge on any atom is -0.480 e. The summed E-state index contributed by atoms with van der Waals surface area (Å²) in [4.78, 5) is 21.9. The molecule has 2 atom stereocenters. The van der Waals surface area contributed by atoms with E-state index in [1.807, 2.05) is 4.90 Å². The Balaban J connectivity index is 1.40. The second-order valence-electron chi connectivity index (χ2n) is 10.2. The first-order valence-corrected chi connectivity index (χ1v) is 12.9. The number of ether oxygens (including phenoxy) is 1. The van der Waals surface area contributed by atoms with Gasteiger partial charge >= 0.3 is 12.1 Å². The number of aromatic nitrogens is 4. The van der Waals surface area contributed by atoms with Crippen molar-refractivity contribution in [1.82, 2.24) is 25.1 Å². The van der Waals surface area contributed by atoms with Crippen LogP contribution < -0.4 is 15.0 Å². The maximum absolute atomic E-state index is 14.4. The van der Waals surface area contributed by atoms with E-state index in [0.29, 0.717) is 37.6 Å². The van der Waals surface area contributed by atoms with Gasteiger partial charge in [-0.3, -0.25) is 4.79 Å².